The molecule has 18 heavy (non-hydrogen) atoms. The minimum Gasteiger partial charge on any atom is -0.330 e. The van der Waals surface area contributed by atoms with Gasteiger partial charge in [-0.05, 0) is 31.5 Å². The van der Waals surface area contributed by atoms with E-state index in [0.717, 1.165) is 17.7 Å². The van der Waals surface area contributed by atoms with Crippen LogP contribution in [-0.4, -0.2) is 16.5 Å². The standard InChI is InChI=1S/C13H14ClN3O/c14-11-6-2-1-5-10(11)13-16-9(4-3-7-15)8-12(18)17-13/h1-2,5-6,8H,3-4,7,15H2,(H,16,17,18). The van der Waals surface area contributed by atoms with Crippen molar-refractivity contribution in [3.63, 3.8) is 0 Å². The molecule has 0 radical (unpaired) electrons. The van der Waals surface area contributed by atoms with Gasteiger partial charge in [0.2, 0.25) is 0 Å². The van der Waals surface area contributed by atoms with E-state index in [2.05, 4.69) is 9.97 Å². The van der Waals surface area contributed by atoms with Gasteiger partial charge in [-0.15, -0.1) is 0 Å². The van der Waals surface area contributed by atoms with Crippen molar-refractivity contribution in [2.75, 3.05) is 6.54 Å². The van der Waals surface area contributed by atoms with E-state index < -0.39 is 0 Å². The Balaban J connectivity index is 2.42. The average Bonchev–Trinajstić information content (AvgIpc) is 2.36. The zero-order valence-electron chi connectivity index (χ0n) is 9.82. The summed E-state index contributed by atoms with van der Waals surface area (Å²) in [6.07, 6.45) is 1.50. The van der Waals surface area contributed by atoms with Crippen molar-refractivity contribution in [2.45, 2.75) is 12.8 Å². The van der Waals surface area contributed by atoms with E-state index in [4.69, 9.17) is 17.3 Å². The van der Waals surface area contributed by atoms with Gasteiger partial charge in [-0.1, -0.05) is 23.7 Å². The molecule has 4 nitrogen and oxygen atoms in total. The van der Waals surface area contributed by atoms with Crippen LogP contribution in [0.25, 0.3) is 11.4 Å². The van der Waals surface area contributed by atoms with E-state index in [0.29, 0.717) is 23.8 Å². The number of H-pyrrole nitrogens is 1. The Labute approximate surface area is 110 Å². The molecule has 2 aromatic rings. The molecule has 2 rings (SSSR count). The van der Waals surface area contributed by atoms with E-state index in [1.54, 1.807) is 6.07 Å². The number of aromatic amines is 1. The van der Waals surface area contributed by atoms with Crippen molar-refractivity contribution in [3.05, 3.63) is 51.4 Å². The van der Waals surface area contributed by atoms with Gasteiger partial charge in [0.05, 0.1) is 5.02 Å². The van der Waals surface area contributed by atoms with Crippen LogP contribution in [0.1, 0.15) is 12.1 Å². The van der Waals surface area contributed by atoms with Gasteiger partial charge in [0.25, 0.3) is 5.56 Å². The van der Waals surface area contributed by atoms with Gasteiger partial charge in [-0.25, -0.2) is 4.98 Å². The number of rotatable bonds is 4. The normalized spacial score (nSPS) is 10.6. The van der Waals surface area contributed by atoms with Crippen LogP contribution < -0.4 is 11.3 Å². The quantitative estimate of drug-likeness (QED) is 0.886. The molecule has 0 fully saturated rings. The SMILES string of the molecule is NCCCc1cc(=O)[nH]c(-c2ccccc2Cl)n1. The lowest BCUT2D eigenvalue weighted by atomic mass is 10.2. The maximum Gasteiger partial charge on any atom is 0.251 e. The van der Waals surface area contributed by atoms with Crippen LogP contribution in [-0.2, 0) is 6.42 Å². The second kappa shape index (κ2) is 5.80. The molecule has 0 spiro atoms. The molecule has 94 valence electrons. The second-order valence-electron chi connectivity index (χ2n) is 3.96. The molecule has 3 N–H and O–H groups in total. The van der Waals surface area contributed by atoms with Crippen molar-refractivity contribution in [2.24, 2.45) is 5.73 Å². The third-order valence-electron chi connectivity index (χ3n) is 2.56. The van der Waals surface area contributed by atoms with Gasteiger partial charge >= 0.3 is 0 Å². The Hall–Kier alpha value is -1.65. The van der Waals surface area contributed by atoms with Gasteiger partial charge < -0.3 is 10.7 Å². The van der Waals surface area contributed by atoms with Gasteiger partial charge in [-0.3, -0.25) is 4.79 Å². The number of benzene rings is 1. The third-order valence-corrected chi connectivity index (χ3v) is 2.89. The van der Waals surface area contributed by atoms with Crippen molar-refractivity contribution in [3.8, 4) is 11.4 Å². The van der Waals surface area contributed by atoms with E-state index in [9.17, 15) is 4.79 Å². The number of aryl methyl sites for hydroxylation is 1. The van der Waals surface area contributed by atoms with E-state index >= 15 is 0 Å². The van der Waals surface area contributed by atoms with E-state index in [-0.39, 0.29) is 5.56 Å². The maximum atomic E-state index is 11.6. The number of nitrogens with zero attached hydrogens (tertiary/aromatic N) is 1. The Kier molecular flexibility index (Phi) is 4.12. The fourth-order valence-corrected chi connectivity index (χ4v) is 1.93. The van der Waals surface area contributed by atoms with Crippen molar-refractivity contribution < 1.29 is 0 Å². The number of halogens is 1. The fraction of sp³-hybridized carbons (Fsp3) is 0.231. The van der Waals surface area contributed by atoms with Gasteiger partial charge in [0, 0.05) is 17.3 Å². The first-order valence-electron chi connectivity index (χ1n) is 5.76. The molecule has 0 saturated carbocycles. The van der Waals surface area contributed by atoms with E-state index in [1.165, 1.54) is 6.07 Å². The van der Waals surface area contributed by atoms with Crippen LogP contribution in [0.3, 0.4) is 0 Å². The first-order chi connectivity index (χ1) is 8.70. The zero-order chi connectivity index (χ0) is 13.0. The highest BCUT2D eigenvalue weighted by Gasteiger charge is 2.07. The summed E-state index contributed by atoms with van der Waals surface area (Å²) in [4.78, 5) is 18.7. The highest BCUT2D eigenvalue weighted by molar-refractivity contribution is 6.33. The molecular weight excluding hydrogens is 250 g/mol. The Morgan fingerprint density at radius 3 is 2.83 bits per heavy atom. The Morgan fingerprint density at radius 2 is 2.11 bits per heavy atom. The maximum absolute atomic E-state index is 11.6. The summed E-state index contributed by atoms with van der Waals surface area (Å²) in [6.45, 7) is 0.579. The number of hydrogen-bond donors (Lipinski definition) is 2. The number of hydrogen-bond acceptors (Lipinski definition) is 3. The summed E-state index contributed by atoms with van der Waals surface area (Å²) < 4.78 is 0. The summed E-state index contributed by atoms with van der Waals surface area (Å²) in [5.74, 6) is 0.500. The number of aromatic nitrogens is 2. The summed E-state index contributed by atoms with van der Waals surface area (Å²) in [7, 11) is 0. The molecule has 0 bridgehead atoms. The molecule has 0 aliphatic carbocycles. The number of nitrogens with one attached hydrogen (secondary N) is 1. The van der Waals surface area contributed by atoms with Crippen molar-refractivity contribution in [1.82, 2.24) is 9.97 Å². The number of nitrogens with two attached hydrogens (primary N) is 1. The molecule has 0 saturated heterocycles. The molecular formula is C13H14ClN3O. The topological polar surface area (TPSA) is 71.8 Å². The minimum absolute atomic E-state index is 0.174. The molecule has 0 amide bonds. The lowest BCUT2D eigenvalue weighted by Gasteiger charge is -2.05. The van der Waals surface area contributed by atoms with Crippen LogP contribution in [0.2, 0.25) is 5.02 Å². The summed E-state index contributed by atoms with van der Waals surface area (Å²) >= 11 is 6.09. The highest BCUT2D eigenvalue weighted by atomic mass is 35.5. The second-order valence-corrected chi connectivity index (χ2v) is 4.36. The van der Waals surface area contributed by atoms with Crippen molar-refractivity contribution >= 4 is 11.6 Å². The first kappa shape index (κ1) is 12.8. The molecule has 1 aromatic carbocycles. The molecule has 0 unspecified atom stereocenters. The summed E-state index contributed by atoms with van der Waals surface area (Å²) in [5, 5.41) is 0.566. The largest absolute Gasteiger partial charge is 0.330 e. The highest BCUT2D eigenvalue weighted by Crippen LogP contribution is 2.23. The lowest BCUT2D eigenvalue weighted by molar-refractivity contribution is 0.804. The molecule has 0 atom stereocenters. The van der Waals surface area contributed by atoms with Gasteiger partial charge in [-0.2, -0.15) is 0 Å². The van der Waals surface area contributed by atoms with Crippen LogP contribution in [0, 0.1) is 0 Å². The van der Waals surface area contributed by atoms with Crippen LogP contribution in [0.15, 0.2) is 35.1 Å². The molecule has 1 heterocycles. The van der Waals surface area contributed by atoms with Crippen molar-refractivity contribution in [1.29, 1.82) is 0 Å². The summed E-state index contributed by atoms with van der Waals surface area (Å²) in [6, 6.07) is 8.78. The van der Waals surface area contributed by atoms with E-state index in [1.807, 2.05) is 18.2 Å². The van der Waals surface area contributed by atoms with Crippen LogP contribution in [0.4, 0.5) is 0 Å². The van der Waals surface area contributed by atoms with Gasteiger partial charge in [0.15, 0.2) is 0 Å². The third kappa shape index (κ3) is 2.97. The smallest absolute Gasteiger partial charge is 0.251 e. The predicted molar refractivity (Wildman–Crippen MR) is 72.7 cm³/mol. The van der Waals surface area contributed by atoms with Crippen LogP contribution >= 0.6 is 11.6 Å². The average molecular weight is 264 g/mol. The summed E-state index contributed by atoms with van der Waals surface area (Å²) in [5.41, 5.74) is 6.74. The predicted octanol–water partition coefficient (Wildman–Crippen LogP) is 1.98. The Bertz CT molecular complexity index is 595. The molecule has 0 aliphatic rings. The van der Waals surface area contributed by atoms with Gasteiger partial charge in [0.1, 0.15) is 5.82 Å². The molecule has 1 aromatic heterocycles. The first-order valence-corrected chi connectivity index (χ1v) is 6.13. The lowest BCUT2D eigenvalue weighted by Crippen LogP contribution is -2.11. The Morgan fingerprint density at radius 1 is 1.33 bits per heavy atom. The molecule has 5 heteroatoms. The minimum atomic E-state index is -0.174. The van der Waals surface area contributed by atoms with Crippen LogP contribution in [0.5, 0.6) is 0 Å². The zero-order valence-corrected chi connectivity index (χ0v) is 10.6. The fourth-order valence-electron chi connectivity index (χ4n) is 1.70. The monoisotopic (exact) mass is 263 g/mol. The molecule has 0 aliphatic heterocycles.